The third kappa shape index (κ3) is 4.87. The summed E-state index contributed by atoms with van der Waals surface area (Å²) in [5.74, 6) is 0.0605. The van der Waals surface area contributed by atoms with E-state index in [1.807, 2.05) is 0 Å². The van der Waals surface area contributed by atoms with Crippen LogP contribution in [0.15, 0.2) is 12.2 Å². The highest BCUT2D eigenvalue weighted by molar-refractivity contribution is 6.69. The van der Waals surface area contributed by atoms with Gasteiger partial charge in [0.05, 0.1) is 5.88 Å². The van der Waals surface area contributed by atoms with E-state index in [0.29, 0.717) is 6.42 Å². The van der Waals surface area contributed by atoms with Crippen molar-refractivity contribution in [2.24, 2.45) is 0 Å². The molecule has 0 aliphatic heterocycles. The summed E-state index contributed by atoms with van der Waals surface area (Å²) in [6.07, 6.45) is 2.43. The van der Waals surface area contributed by atoms with Crippen LogP contribution < -0.4 is 0 Å². The van der Waals surface area contributed by atoms with Gasteiger partial charge in [-0.15, -0.1) is 11.6 Å². The molecule has 5 nitrogen and oxygen atoms in total. The topological polar surface area (TPSA) is 54.0 Å². The molecule has 0 N–H and O–H groups in total. The third-order valence-electron chi connectivity index (χ3n) is 3.17. The van der Waals surface area contributed by atoms with Gasteiger partial charge in [-0.05, 0) is 32.1 Å². The van der Waals surface area contributed by atoms with E-state index >= 15 is 0 Å². The highest BCUT2D eigenvalue weighted by Crippen LogP contribution is 2.34. The minimum Gasteiger partial charge on any atom is -0.408 e. The van der Waals surface area contributed by atoms with Gasteiger partial charge in [-0.3, -0.25) is 4.79 Å². The number of halogens is 1. The van der Waals surface area contributed by atoms with Gasteiger partial charge in [-0.2, -0.15) is 0 Å². The van der Waals surface area contributed by atoms with Crippen molar-refractivity contribution in [3.05, 3.63) is 12.2 Å². The van der Waals surface area contributed by atoms with Gasteiger partial charge in [0.1, 0.15) is 18.5 Å². The number of rotatable bonds is 7. The Kier molecular flexibility index (Phi) is 7.03. The fraction of sp³-hybridized carbons (Fsp3) is 0.786. The summed E-state index contributed by atoms with van der Waals surface area (Å²) in [6.45, 7) is 6.25. The molecule has 0 bridgehead atoms. The second-order valence-corrected chi connectivity index (χ2v) is 10.8. The van der Waals surface area contributed by atoms with Crippen LogP contribution in [0.5, 0.6) is 0 Å². The van der Waals surface area contributed by atoms with Crippen LogP contribution in [0.4, 0.5) is 0 Å². The zero-order valence-electron chi connectivity index (χ0n) is 13.3. The quantitative estimate of drug-likeness (QED) is 0.406. The van der Waals surface area contributed by atoms with Gasteiger partial charge in [0, 0.05) is 14.2 Å². The molecular weight excluding hydrogens is 312 g/mol. The first kappa shape index (κ1) is 18.8. The SMILES string of the molecule is COCO[C@@H]1C(=O)C=CC[C@@](CCl)(O[Si](C)(C)C)[C@@H]1OC. The van der Waals surface area contributed by atoms with E-state index in [0.717, 1.165) is 0 Å². The lowest BCUT2D eigenvalue weighted by Gasteiger charge is -2.43. The van der Waals surface area contributed by atoms with Crippen molar-refractivity contribution in [2.75, 3.05) is 26.9 Å². The monoisotopic (exact) mass is 336 g/mol. The van der Waals surface area contributed by atoms with Gasteiger partial charge < -0.3 is 18.6 Å². The fourth-order valence-corrected chi connectivity index (χ4v) is 4.43. The molecule has 0 unspecified atom stereocenters. The van der Waals surface area contributed by atoms with E-state index in [9.17, 15) is 4.79 Å². The Labute approximate surface area is 132 Å². The standard InChI is InChI=1S/C14H25ClO5Si/c1-17-10-19-12-11(16)7-6-8-14(9-15,13(12)18-2)20-21(3,4)5/h6-7,12-13H,8-10H2,1-5H3/t12-,13-,14+/m1/s1. The minimum atomic E-state index is -1.90. The van der Waals surface area contributed by atoms with Crippen molar-refractivity contribution in [3.63, 3.8) is 0 Å². The van der Waals surface area contributed by atoms with Gasteiger partial charge >= 0.3 is 0 Å². The molecule has 1 aliphatic carbocycles. The van der Waals surface area contributed by atoms with Crippen molar-refractivity contribution in [2.45, 2.75) is 43.9 Å². The van der Waals surface area contributed by atoms with Crippen LogP contribution in [-0.4, -0.2) is 58.8 Å². The molecule has 0 aromatic heterocycles. The normalized spacial score (nSPS) is 30.5. The van der Waals surface area contributed by atoms with Crippen LogP contribution in [0.3, 0.4) is 0 Å². The summed E-state index contributed by atoms with van der Waals surface area (Å²) >= 11 is 6.22. The Bertz CT molecular complexity index is 382. The molecule has 3 atom stereocenters. The van der Waals surface area contributed by atoms with Gasteiger partial charge in [0.15, 0.2) is 20.2 Å². The molecule has 122 valence electrons. The van der Waals surface area contributed by atoms with Crippen molar-refractivity contribution in [1.82, 2.24) is 0 Å². The molecule has 0 aromatic rings. The minimum absolute atomic E-state index is 0.00934. The smallest absolute Gasteiger partial charge is 0.186 e. The van der Waals surface area contributed by atoms with E-state index in [1.54, 1.807) is 13.2 Å². The van der Waals surface area contributed by atoms with Gasteiger partial charge in [0.2, 0.25) is 0 Å². The molecule has 0 radical (unpaired) electrons. The Hall–Kier alpha value is -0.243. The van der Waals surface area contributed by atoms with Crippen LogP contribution in [0.25, 0.3) is 0 Å². The third-order valence-corrected chi connectivity index (χ3v) is 4.65. The number of methoxy groups -OCH3 is 2. The van der Waals surface area contributed by atoms with Crippen LogP contribution in [0.1, 0.15) is 6.42 Å². The molecule has 0 saturated heterocycles. The van der Waals surface area contributed by atoms with Crippen molar-refractivity contribution < 1.29 is 23.4 Å². The molecule has 1 rings (SSSR count). The Balaban J connectivity index is 3.15. The second-order valence-electron chi connectivity index (χ2n) is 6.07. The Morgan fingerprint density at radius 2 is 2.05 bits per heavy atom. The maximum absolute atomic E-state index is 12.2. The fourth-order valence-electron chi connectivity index (χ4n) is 2.53. The molecule has 0 heterocycles. The second kappa shape index (κ2) is 7.85. The van der Waals surface area contributed by atoms with E-state index in [-0.39, 0.29) is 18.5 Å². The Morgan fingerprint density at radius 1 is 1.38 bits per heavy atom. The molecular formula is C14H25ClO5Si. The highest BCUT2D eigenvalue weighted by atomic mass is 35.5. The van der Waals surface area contributed by atoms with E-state index in [4.69, 9.17) is 30.2 Å². The summed E-state index contributed by atoms with van der Waals surface area (Å²) in [5, 5.41) is 0. The summed E-state index contributed by atoms with van der Waals surface area (Å²) in [7, 11) is 1.15. The first-order chi connectivity index (χ1) is 9.79. The number of carbonyl (C=O) groups is 1. The molecule has 1 aliphatic rings. The largest absolute Gasteiger partial charge is 0.408 e. The zero-order valence-corrected chi connectivity index (χ0v) is 15.1. The number of ether oxygens (including phenoxy) is 3. The molecule has 7 heteroatoms. The van der Waals surface area contributed by atoms with Crippen molar-refractivity contribution >= 4 is 25.7 Å². The lowest BCUT2D eigenvalue weighted by Crippen LogP contribution is -2.58. The van der Waals surface area contributed by atoms with Gasteiger partial charge in [-0.25, -0.2) is 0 Å². The lowest BCUT2D eigenvalue weighted by atomic mass is 9.91. The zero-order chi connectivity index (χ0) is 16.1. The summed E-state index contributed by atoms with van der Waals surface area (Å²) < 4.78 is 22.3. The summed E-state index contributed by atoms with van der Waals surface area (Å²) in [4.78, 5) is 12.2. The van der Waals surface area contributed by atoms with Crippen LogP contribution in [0, 0.1) is 0 Å². The van der Waals surface area contributed by atoms with Gasteiger partial charge in [0.25, 0.3) is 0 Å². The van der Waals surface area contributed by atoms with Gasteiger partial charge in [-0.1, -0.05) is 6.08 Å². The number of ketones is 1. The molecule has 0 spiro atoms. The van der Waals surface area contributed by atoms with Crippen LogP contribution in [-0.2, 0) is 23.4 Å². The maximum atomic E-state index is 12.2. The lowest BCUT2D eigenvalue weighted by molar-refractivity contribution is -0.174. The first-order valence-corrected chi connectivity index (χ1v) is 10.8. The maximum Gasteiger partial charge on any atom is 0.186 e. The summed E-state index contributed by atoms with van der Waals surface area (Å²) in [5.41, 5.74) is -0.776. The molecule has 0 aromatic carbocycles. The van der Waals surface area contributed by atoms with Crippen LogP contribution >= 0.6 is 11.6 Å². The molecule has 0 saturated carbocycles. The molecule has 0 fully saturated rings. The van der Waals surface area contributed by atoms with E-state index in [2.05, 4.69) is 19.6 Å². The number of hydrogen-bond donors (Lipinski definition) is 0. The van der Waals surface area contributed by atoms with E-state index in [1.165, 1.54) is 13.2 Å². The number of hydrogen-bond acceptors (Lipinski definition) is 5. The van der Waals surface area contributed by atoms with Crippen LogP contribution in [0.2, 0.25) is 19.6 Å². The van der Waals surface area contributed by atoms with Crippen molar-refractivity contribution in [1.29, 1.82) is 0 Å². The average Bonchev–Trinajstić information content (AvgIpc) is 2.52. The first-order valence-electron chi connectivity index (χ1n) is 6.89. The molecule has 0 amide bonds. The number of carbonyl (C=O) groups excluding carboxylic acids is 1. The number of alkyl halides is 1. The highest BCUT2D eigenvalue weighted by Gasteiger charge is 2.49. The average molecular weight is 337 g/mol. The van der Waals surface area contributed by atoms with E-state index < -0.39 is 26.1 Å². The predicted octanol–water partition coefficient (Wildman–Crippen LogP) is 2.35. The predicted molar refractivity (Wildman–Crippen MR) is 84.2 cm³/mol. The summed E-state index contributed by atoms with van der Waals surface area (Å²) in [6, 6.07) is 0. The van der Waals surface area contributed by atoms with Crippen molar-refractivity contribution in [3.8, 4) is 0 Å². The Morgan fingerprint density at radius 3 is 2.52 bits per heavy atom. The molecule has 21 heavy (non-hydrogen) atoms.